The molecule has 1 aromatic rings. The molecule has 3 fully saturated rings. The van der Waals surface area contributed by atoms with Crippen LogP contribution in [0.4, 0.5) is 5.69 Å². The number of esters is 1. The largest absolute Gasteiger partial charge is 0.497 e. The zero-order valence-electron chi connectivity index (χ0n) is 16.4. The lowest BCUT2D eigenvalue weighted by Crippen LogP contribution is -2.63. The standard InChI is InChI=1S/C22H26N2O4/c1-26-13-3-4-15-16(11-13)23-18-14(19(25)27-2)12-21-7-10-28-17(21)5-8-24-9-6-22(15,18)20(21)24/h3-4,11,17,20,23H,5-10,12H2,1-2H3/t17-,20+,21-,22+/m1/s1. The summed E-state index contributed by atoms with van der Waals surface area (Å²) in [6, 6.07) is 6.67. The molecule has 6 rings (SSSR count). The molecule has 3 saturated heterocycles. The van der Waals surface area contributed by atoms with Gasteiger partial charge >= 0.3 is 5.97 Å². The molecule has 0 bridgehead atoms. The summed E-state index contributed by atoms with van der Waals surface area (Å²) in [5.41, 5.74) is 4.04. The molecule has 0 radical (unpaired) electrons. The monoisotopic (exact) mass is 382 g/mol. The Bertz CT molecular complexity index is 912. The van der Waals surface area contributed by atoms with Crippen molar-refractivity contribution in [2.75, 3.05) is 39.2 Å². The highest BCUT2D eigenvalue weighted by Gasteiger charge is 2.70. The quantitative estimate of drug-likeness (QED) is 0.793. The number of ether oxygens (including phenoxy) is 3. The van der Waals surface area contributed by atoms with Crippen molar-refractivity contribution in [2.45, 2.75) is 43.2 Å². The Hall–Kier alpha value is -2.05. The van der Waals surface area contributed by atoms with Crippen LogP contribution in [-0.2, 0) is 19.7 Å². The molecule has 4 aliphatic heterocycles. The molecule has 4 heterocycles. The first-order chi connectivity index (χ1) is 13.6. The number of carbonyl (C=O) groups is 1. The average Bonchev–Trinajstić information content (AvgIpc) is 3.40. The second-order valence-corrected chi connectivity index (χ2v) is 8.85. The van der Waals surface area contributed by atoms with Crippen LogP contribution in [-0.4, -0.2) is 56.9 Å². The highest BCUT2D eigenvalue weighted by Crippen LogP contribution is 2.67. The number of hydrogen-bond acceptors (Lipinski definition) is 6. The van der Waals surface area contributed by atoms with Crippen LogP contribution in [0.3, 0.4) is 0 Å². The van der Waals surface area contributed by atoms with Crippen LogP contribution in [0.1, 0.15) is 31.2 Å². The third-order valence-electron chi connectivity index (χ3n) is 8.03. The first kappa shape index (κ1) is 16.9. The molecule has 0 saturated carbocycles. The van der Waals surface area contributed by atoms with Gasteiger partial charge in [-0.2, -0.15) is 0 Å². The van der Waals surface area contributed by atoms with Gasteiger partial charge in [0.15, 0.2) is 0 Å². The van der Waals surface area contributed by atoms with Crippen LogP contribution in [0.5, 0.6) is 5.75 Å². The Morgan fingerprint density at radius 2 is 2.18 bits per heavy atom. The van der Waals surface area contributed by atoms with E-state index in [1.54, 1.807) is 7.11 Å². The fourth-order valence-electron chi connectivity index (χ4n) is 7.10. The van der Waals surface area contributed by atoms with Gasteiger partial charge in [0, 0.05) is 42.1 Å². The molecule has 1 N–H and O–H groups in total. The number of hydrogen-bond donors (Lipinski definition) is 1. The van der Waals surface area contributed by atoms with Gasteiger partial charge in [-0.1, -0.05) is 6.07 Å². The van der Waals surface area contributed by atoms with Crippen molar-refractivity contribution in [3.63, 3.8) is 0 Å². The van der Waals surface area contributed by atoms with E-state index in [1.807, 2.05) is 6.07 Å². The molecular weight excluding hydrogens is 356 g/mol. The lowest BCUT2D eigenvalue weighted by atomic mass is 9.53. The number of fused-ring (bicyclic) bond motifs is 1. The predicted molar refractivity (Wildman–Crippen MR) is 103 cm³/mol. The topological polar surface area (TPSA) is 60.0 Å². The van der Waals surface area contributed by atoms with Crippen LogP contribution in [0.2, 0.25) is 0 Å². The molecule has 0 amide bonds. The molecule has 4 atom stereocenters. The van der Waals surface area contributed by atoms with Crippen molar-refractivity contribution < 1.29 is 19.0 Å². The van der Waals surface area contributed by atoms with E-state index in [0.717, 1.165) is 68.1 Å². The fraction of sp³-hybridized carbons (Fsp3) is 0.591. The molecule has 6 heteroatoms. The number of nitrogens with zero attached hydrogens (tertiary/aromatic N) is 1. The number of carbonyl (C=O) groups excluding carboxylic acids is 1. The zero-order chi connectivity index (χ0) is 19.1. The van der Waals surface area contributed by atoms with Gasteiger partial charge in [-0.25, -0.2) is 4.79 Å². The summed E-state index contributed by atoms with van der Waals surface area (Å²) in [6.45, 7) is 2.92. The van der Waals surface area contributed by atoms with Crippen LogP contribution >= 0.6 is 0 Å². The van der Waals surface area contributed by atoms with E-state index in [9.17, 15) is 4.79 Å². The highest BCUT2D eigenvalue weighted by molar-refractivity contribution is 5.93. The third-order valence-corrected chi connectivity index (χ3v) is 8.03. The second-order valence-electron chi connectivity index (χ2n) is 8.85. The summed E-state index contributed by atoms with van der Waals surface area (Å²) in [5.74, 6) is 0.626. The Labute approximate surface area is 164 Å². The van der Waals surface area contributed by atoms with Crippen LogP contribution in [0.15, 0.2) is 29.5 Å². The number of piperidine rings is 1. The number of methoxy groups -OCH3 is 2. The van der Waals surface area contributed by atoms with E-state index in [0.29, 0.717) is 6.04 Å². The molecule has 6 nitrogen and oxygen atoms in total. The zero-order valence-corrected chi connectivity index (χ0v) is 16.4. The number of rotatable bonds is 2. The smallest absolute Gasteiger partial charge is 0.335 e. The molecule has 5 aliphatic rings. The Morgan fingerprint density at radius 3 is 3.00 bits per heavy atom. The van der Waals surface area contributed by atoms with Gasteiger partial charge < -0.3 is 19.5 Å². The highest BCUT2D eigenvalue weighted by atomic mass is 16.5. The van der Waals surface area contributed by atoms with Crippen molar-refractivity contribution in [1.82, 2.24) is 4.90 Å². The number of benzene rings is 1. The Balaban J connectivity index is 1.63. The summed E-state index contributed by atoms with van der Waals surface area (Å²) in [4.78, 5) is 15.6. The molecular formula is C22H26N2O4. The lowest BCUT2D eigenvalue weighted by Gasteiger charge is -2.56. The molecule has 1 aliphatic carbocycles. The maximum Gasteiger partial charge on any atom is 0.335 e. The summed E-state index contributed by atoms with van der Waals surface area (Å²) < 4.78 is 16.9. The van der Waals surface area contributed by atoms with Gasteiger partial charge in [-0.3, -0.25) is 4.90 Å². The van der Waals surface area contributed by atoms with E-state index < -0.39 is 0 Å². The minimum atomic E-state index is -0.204. The SMILES string of the molecule is COC(=O)C1=C2Nc3cc(OC)ccc3[C@@]23CCN2CC[C@H]4OCC[C@]4(C1)[C@H]23. The number of nitrogens with one attached hydrogen (secondary N) is 1. The second kappa shape index (κ2) is 5.51. The molecule has 0 aromatic heterocycles. The molecule has 2 spiro atoms. The van der Waals surface area contributed by atoms with Gasteiger partial charge in [-0.15, -0.1) is 0 Å². The van der Waals surface area contributed by atoms with Crippen LogP contribution < -0.4 is 10.1 Å². The molecule has 0 unspecified atom stereocenters. The van der Waals surface area contributed by atoms with Crippen molar-refractivity contribution in [2.24, 2.45) is 5.41 Å². The maximum atomic E-state index is 12.9. The normalized spacial score (nSPS) is 37.6. The van der Waals surface area contributed by atoms with E-state index in [4.69, 9.17) is 14.2 Å². The first-order valence-corrected chi connectivity index (χ1v) is 10.3. The maximum absolute atomic E-state index is 12.9. The summed E-state index contributed by atoms with van der Waals surface area (Å²) >= 11 is 0. The van der Waals surface area contributed by atoms with E-state index in [1.165, 1.54) is 12.7 Å². The van der Waals surface area contributed by atoms with Crippen molar-refractivity contribution in [1.29, 1.82) is 0 Å². The summed E-state index contributed by atoms with van der Waals surface area (Å²) in [6.07, 6.45) is 4.06. The lowest BCUT2D eigenvalue weighted by molar-refractivity contribution is -0.138. The van der Waals surface area contributed by atoms with Gasteiger partial charge in [-0.05, 0) is 43.9 Å². The van der Waals surface area contributed by atoms with Gasteiger partial charge in [0.25, 0.3) is 0 Å². The van der Waals surface area contributed by atoms with E-state index in [-0.39, 0.29) is 22.9 Å². The van der Waals surface area contributed by atoms with Gasteiger partial charge in [0.1, 0.15) is 5.75 Å². The molecule has 148 valence electrons. The predicted octanol–water partition coefficient (Wildman–Crippen LogP) is 2.44. The molecule has 1 aromatic carbocycles. The average molecular weight is 382 g/mol. The fourth-order valence-corrected chi connectivity index (χ4v) is 7.10. The van der Waals surface area contributed by atoms with E-state index >= 15 is 0 Å². The third kappa shape index (κ3) is 1.79. The summed E-state index contributed by atoms with van der Waals surface area (Å²) in [5, 5.41) is 3.64. The van der Waals surface area contributed by atoms with Crippen LogP contribution in [0.25, 0.3) is 0 Å². The van der Waals surface area contributed by atoms with Crippen molar-refractivity contribution >= 4 is 11.7 Å². The van der Waals surface area contributed by atoms with Crippen molar-refractivity contribution in [3.8, 4) is 5.75 Å². The van der Waals surface area contributed by atoms with Crippen LogP contribution in [0, 0.1) is 5.41 Å². The minimum Gasteiger partial charge on any atom is -0.497 e. The number of anilines is 1. The summed E-state index contributed by atoms with van der Waals surface area (Å²) in [7, 11) is 3.18. The first-order valence-electron chi connectivity index (χ1n) is 10.3. The minimum absolute atomic E-state index is 0.00894. The van der Waals surface area contributed by atoms with Gasteiger partial charge in [0.2, 0.25) is 0 Å². The Morgan fingerprint density at radius 1 is 1.29 bits per heavy atom. The Kier molecular flexibility index (Phi) is 3.32. The van der Waals surface area contributed by atoms with Gasteiger partial charge in [0.05, 0.1) is 31.3 Å². The van der Waals surface area contributed by atoms with Crippen molar-refractivity contribution in [3.05, 3.63) is 35.0 Å². The molecule has 28 heavy (non-hydrogen) atoms. The van der Waals surface area contributed by atoms with E-state index in [2.05, 4.69) is 22.3 Å².